The third-order valence-electron chi connectivity index (χ3n) is 2.81. The highest BCUT2D eigenvalue weighted by Gasteiger charge is 2.13. The number of rotatable bonds is 5. The van der Waals surface area contributed by atoms with Crippen molar-refractivity contribution in [3.8, 4) is 5.75 Å². The number of nitrogen functional groups attached to an aromatic ring is 1. The largest absolute Gasteiger partial charge is 0.492 e. The molecule has 2 rings (SSSR count). The summed E-state index contributed by atoms with van der Waals surface area (Å²) >= 11 is 1.53. The van der Waals surface area contributed by atoms with Crippen LogP contribution in [0, 0.1) is 0 Å². The Bertz CT molecular complexity index is 590. The van der Waals surface area contributed by atoms with E-state index in [1.54, 1.807) is 18.2 Å². The van der Waals surface area contributed by atoms with Crippen LogP contribution in [-0.4, -0.2) is 12.4 Å². The van der Waals surface area contributed by atoms with Crippen molar-refractivity contribution in [1.82, 2.24) is 0 Å². The summed E-state index contributed by atoms with van der Waals surface area (Å²) in [4.78, 5) is 14.3. The van der Waals surface area contributed by atoms with Crippen LogP contribution in [0.25, 0.3) is 0 Å². The molecule has 0 aliphatic rings. The summed E-state index contributed by atoms with van der Waals surface area (Å²) in [5.41, 5.74) is 6.98. The minimum absolute atomic E-state index is 0.0134. The number of anilines is 1. The molecule has 0 spiro atoms. The maximum absolute atomic E-state index is 12.3. The lowest BCUT2D eigenvalue weighted by molar-refractivity contribution is 0.104. The highest BCUT2D eigenvalue weighted by molar-refractivity contribution is 7.14. The van der Waals surface area contributed by atoms with Gasteiger partial charge in [0.1, 0.15) is 5.75 Å². The molecular formula is C15H17NO2S. The number of thiophene rings is 1. The summed E-state index contributed by atoms with van der Waals surface area (Å²) in [5, 5.41) is 0. The minimum Gasteiger partial charge on any atom is -0.492 e. The first-order chi connectivity index (χ1) is 9.15. The van der Waals surface area contributed by atoms with Crippen molar-refractivity contribution >= 4 is 22.8 Å². The number of ketones is 1. The fourth-order valence-corrected chi connectivity index (χ4v) is 2.72. The second-order valence-electron chi connectivity index (χ2n) is 4.13. The Kier molecular flexibility index (Phi) is 4.22. The zero-order chi connectivity index (χ0) is 13.8. The second kappa shape index (κ2) is 5.89. The standard InChI is InChI=1S/C15H17NO2S/c1-3-11-6-8-14(19-11)15(17)10-5-7-13(18-4-2)12(16)9-10/h5-9H,3-4,16H2,1-2H3. The third-order valence-corrected chi connectivity index (χ3v) is 4.03. The summed E-state index contributed by atoms with van der Waals surface area (Å²) in [6.07, 6.45) is 0.948. The lowest BCUT2D eigenvalue weighted by Crippen LogP contribution is -2.02. The fraction of sp³-hybridized carbons (Fsp3) is 0.267. The van der Waals surface area contributed by atoms with Gasteiger partial charge in [-0.3, -0.25) is 4.79 Å². The summed E-state index contributed by atoms with van der Waals surface area (Å²) in [7, 11) is 0. The van der Waals surface area contributed by atoms with Gasteiger partial charge < -0.3 is 10.5 Å². The van der Waals surface area contributed by atoms with Crippen LogP contribution in [0.3, 0.4) is 0 Å². The number of carbonyl (C=O) groups excluding carboxylic acids is 1. The molecule has 1 aromatic heterocycles. The van der Waals surface area contributed by atoms with Crippen molar-refractivity contribution in [2.24, 2.45) is 0 Å². The van der Waals surface area contributed by atoms with Crippen LogP contribution in [0.5, 0.6) is 5.75 Å². The molecule has 0 bridgehead atoms. The lowest BCUT2D eigenvalue weighted by atomic mass is 10.1. The molecule has 1 heterocycles. The zero-order valence-corrected chi connectivity index (χ0v) is 11.9. The molecule has 0 fully saturated rings. The Balaban J connectivity index is 2.26. The quantitative estimate of drug-likeness (QED) is 0.671. The van der Waals surface area contributed by atoms with Gasteiger partial charge in [0, 0.05) is 10.4 Å². The van der Waals surface area contributed by atoms with Gasteiger partial charge in [-0.2, -0.15) is 0 Å². The van der Waals surface area contributed by atoms with E-state index in [0.29, 0.717) is 23.6 Å². The van der Waals surface area contributed by atoms with Gasteiger partial charge in [-0.15, -0.1) is 11.3 Å². The predicted molar refractivity (Wildman–Crippen MR) is 79.2 cm³/mol. The van der Waals surface area contributed by atoms with Crippen molar-refractivity contribution in [1.29, 1.82) is 0 Å². The van der Waals surface area contributed by atoms with Gasteiger partial charge in [-0.05, 0) is 43.7 Å². The molecule has 0 amide bonds. The molecule has 4 heteroatoms. The first kappa shape index (κ1) is 13.6. The fourth-order valence-electron chi connectivity index (χ4n) is 1.81. The number of nitrogens with two attached hydrogens (primary N) is 1. The molecule has 2 N–H and O–H groups in total. The molecule has 2 aromatic rings. The lowest BCUT2D eigenvalue weighted by Gasteiger charge is -2.07. The number of benzene rings is 1. The van der Waals surface area contributed by atoms with Gasteiger partial charge in [0.2, 0.25) is 5.78 Å². The van der Waals surface area contributed by atoms with Crippen LogP contribution in [-0.2, 0) is 6.42 Å². The summed E-state index contributed by atoms with van der Waals surface area (Å²) in [5.74, 6) is 0.638. The van der Waals surface area contributed by atoms with Crippen molar-refractivity contribution < 1.29 is 9.53 Å². The average Bonchev–Trinajstić information content (AvgIpc) is 2.89. The molecule has 0 radical (unpaired) electrons. The van der Waals surface area contributed by atoms with E-state index in [4.69, 9.17) is 10.5 Å². The summed E-state index contributed by atoms with van der Waals surface area (Å²) in [6, 6.07) is 9.06. The van der Waals surface area contributed by atoms with E-state index in [-0.39, 0.29) is 5.78 Å². The molecule has 0 atom stereocenters. The highest BCUT2D eigenvalue weighted by atomic mass is 32.1. The van der Waals surface area contributed by atoms with Crippen LogP contribution >= 0.6 is 11.3 Å². The number of aryl methyl sites for hydroxylation is 1. The molecule has 19 heavy (non-hydrogen) atoms. The average molecular weight is 275 g/mol. The number of carbonyl (C=O) groups is 1. The van der Waals surface area contributed by atoms with E-state index in [0.717, 1.165) is 11.3 Å². The SMILES string of the molecule is CCOc1ccc(C(=O)c2ccc(CC)s2)cc1N. The van der Waals surface area contributed by atoms with E-state index >= 15 is 0 Å². The molecule has 3 nitrogen and oxygen atoms in total. The Morgan fingerprint density at radius 3 is 2.63 bits per heavy atom. The molecule has 100 valence electrons. The van der Waals surface area contributed by atoms with E-state index in [9.17, 15) is 4.79 Å². The van der Waals surface area contributed by atoms with Gasteiger partial charge in [-0.1, -0.05) is 6.92 Å². The predicted octanol–water partition coefficient (Wildman–Crippen LogP) is 3.52. The Morgan fingerprint density at radius 2 is 2.05 bits per heavy atom. The monoisotopic (exact) mass is 275 g/mol. The summed E-state index contributed by atoms with van der Waals surface area (Å²) in [6.45, 7) is 4.54. The van der Waals surface area contributed by atoms with Crippen molar-refractivity contribution in [3.05, 3.63) is 45.6 Å². The van der Waals surface area contributed by atoms with Gasteiger partial charge in [0.25, 0.3) is 0 Å². The molecule has 0 aliphatic carbocycles. The maximum atomic E-state index is 12.3. The second-order valence-corrected chi connectivity index (χ2v) is 5.30. The van der Waals surface area contributed by atoms with E-state index in [2.05, 4.69) is 6.92 Å². The number of hydrogen-bond acceptors (Lipinski definition) is 4. The molecule has 0 saturated heterocycles. The first-order valence-electron chi connectivity index (χ1n) is 6.31. The van der Waals surface area contributed by atoms with Crippen LogP contribution in [0.4, 0.5) is 5.69 Å². The normalized spacial score (nSPS) is 10.4. The van der Waals surface area contributed by atoms with Crippen molar-refractivity contribution in [2.45, 2.75) is 20.3 Å². The van der Waals surface area contributed by atoms with Crippen LogP contribution in [0.1, 0.15) is 34.0 Å². The van der Waals surface area contributed by atoms with E-state index in [1.807, 2.05) is 19.1 Å². The van der Waals surface area contributed by atoms with E-state index < -0.39 is 0 Å². The Morgan fingerprint density at radius 1 is 1.26 bits per heavy atom. The van der Waals surface area contributed by atoms with Gasteiger partial charge in [0.15, 0.2) is 0 Å². The minimum atomic E-state index is 0.0134. The van der Waals surface area contributed by atoms with Gasteiger partial charge in [0.05, 0.1) is 17.2 Å². The Hall–Kier alpha value is -1.81. The molecule has 0 saturated carbocycles. The zero-order valence-electron chi connectivity index (χ0n) is 11.1. The van der Waals surface area contributed by atoms with Gasteiger partial charge >= 0.3 is 0 Å². The highest BCUT2D eigenvalue weighted by Crippen LogP contribution is 2.26. The van der Waals surface area contributed by atoms with Crippen molar-refractivity contribution in [2.75, 3.05) is 12.3 Å². The smallest absolute Gasteiger partial charge is 0.203 e. The van der Waals surface area contributed by atoms with E-state index in [1.165, 1.54) is 16.2 Å². The molecule has 0 aliphatic heterocycles. The Labute approximate surface area is 117 Å². The number of ether oxygens (including phenoxy) is 1. The third kappa shape index (κ3) is 2.96. The number of hydrogen-bond donors (Lipinski definition) is 1. The van der Waals surface area contributed by atoms with Crippen LogP contribution in [0.2, 0.25) is 0 Å². The first-order valence-corrected chi connectivity index (χ1v) is 7.13. The van der Waals surface area contributed by atoms with Gasteiger partial charge in [-0.25, -0.2) is 0 Å². The molecule has 0 unspecified atom stereocenters. The maximum Gasteiger partial charge on any atom is 0.203 e. The molecule has 1 aromatic carbocycles. The molecular weight excluding hydrogens is 258 g/mol. The van der Waals surface area contributed by atoms with Crippen molar-refractivity contribution in [3.63, 3.8) is 0 Å². The topological polar surface area (TPSA) is 52.3 Å². The summed E-state index contributed by atoms with van der Waals surface area (Å²) < 4.78 is 5.36. The van der Waals surface area contributed by atoms with Crippen LogP contribution < -0.4 is 10.5 Å². The van der Waals surface area contributed by atoms with Crippen LogP contribution in [0.15, 0.2) is 30.3 Å².